The number of nitrogens with zero attached hydrogens (tertiary/aromatic N) is 1. The molecule has 21 heavy (non-hydrogen) atoms. The van der Waals surface area contributed by atoms with Crippen LogP contribution in [0.3, 0.4) is 0 Å². The second-order valence-electron chi connectivity index (χ2n) is 5.43. The quantitative estimate of drug-likeness (QED) is 0.882. The highest BCUT2D eigenvalue weighted by atomic mass is 16.5. The molecular weight excluding hydrogens is 260 g/mol. The number of aryl methyl sites for hydroxylation is 1. The third kappa shape index (κ3) is 4.23. The Morgan fingerprint density at radius 2 is 1.67 bits per heavy atom. The molecule has 112 valence electrons. The Balaban J connectivity index is 1.90. The van der Waals surface area contributed by atoms with Crippen LogP contribution in [0.4, 0.5) is 5.69 Å². The van der Waals surface area contributed by atoms with Crippen LogP contribution in [0.1, 0.15) is 23.6 Å². The number of benzene rings is 2. The van der Waals surface area contributed by atoms with Gasteiger partial charge in [-0.1, -0.05) is 29.8 Å². The third-order valence-electron chi connectivity index (χ3n) is 3.79. The van der Waals surface area contributed by atoms with Crippen LogP contribution in [-0.2, 0) is 0 Å². The van der Waals surface area contributed by atoms with Gasteiger partial charge in [0.15, 0.2) is 0 Å². The van der Waals surface area contributed by atoms with Crippen LogP contribution in [0.15, 0.2) is 48.5 Å². The predicted molar refractivity (Wildman–Crippen MR) is 89.0 cm³/mol. The molecule has 0 aromatic heterocycles. The van der Waals surface area contributed by atoms with Crippen molar-refractivity contribution in [3.8, 4) is 5.75 Å². The van der Waals surface area contributed by atoms with Crippen molar-refractivity contribution in [2.45, 2.75) is 19.4 Å². The fourth-order valence-electron chi connectivity index (χ4n) is 2.28. The highest BCUT2D eigenvalue weighted by Gasteiger charge is 2.08. The maximum Gasteiger partial charge on any atom is 0.119 e. The Bertz CT molecular complexity index is 548. The fraction of sp³-hybridized carbons (Fsp3) is 0.333. The molecule has 1 atom stereocenters. The van der Waals surface area contributed by atoms with E-state index in [4.69, 9.17) is 10.5 Å². The number of ether oxygens (including phenoxy) is 1. The van der Waals surface area contributed by atoms with Gasteiger partial charge in [-0.2, -0.15) is 0 Å². The molecule has 2 aromatic rings. The molecule has 0 spiro atoms. The minimum absolute atomic E-state index is 0.0753. The van der Waals surface area contributed by atoms with E-state index in [0.29, 0.717) is 0 Å². The Morgan fingerprint density at radius 3 is 2.24 bits per heavy atom. The Kier molecular flexibility index (Phi) is 5.23. The minimum Gasteiger partial charge on any atom is -0.497 e. The van der Waals surface area contributed by atoms with Crippen molar-refractivity contribution >= 4 is 5.69 Å². The number of hydrogen-bond acceptors (Lipinski definition) is 3. The van der Waals surface area contributed by atoms with Crippen LogP contribution >= 0.6 is 0 Å². The average molecular weight is 284 g/mol. The van der Waals surface area contributed by atoms with Crippen molar-refractivity contribution in [1.82, 2.24) is 0 Å². The first kappa shape index (κ1) is 15.4. The summed E-state index contributed by atoms with van der Waals surface area (Å²) in [5, 5.41) is 0. The van der Waals surface area contributed by atoms with E-state index >= 15 is 0 Å². The monoisotopic (exact) mass is 284 g/mol. The van der Waals surface area contributed by atoms with E-state index in [2.05, 4.69) is 55.3 Å². The van der Waals surface area contributed by atoms with Gasteiger partial charge in [0.25, 0.3) is 0 Å². The fourth-order valence-corrected chi connectivity index (χ4v) is 2.28. The first-order valence-electron chi connectivity index (χ1n) is 7.27. The lowest BCUT2D eigenvalue weighted by atomic mass is 10.0. The molecule has 0 radical (unpaired) electrons. The zero-order valence-electron chi connectivity index (χ0n) is 13.0. The largest absolute Gasteiger partial charge is 0.497 e. The smallest absolute Gasteiger partial charge is 0.119 e. The summed E-state index contributed by atoms with van der Waals surface area (Å²) >= 11 is 0. The first-order chi connectivity index (χ1) is 10.1. The van der Waals surface area contributed by atoms with Gasteiger partial charge in [0, 0.05) is 25.3 Å². The standard InChI is InChI=1S/C18H24N2O/c1-14-4-6-15(7-5-14)18(19)12-13-20(2)16-8-10-17(21-3)11-9-16/h4-11,18H,12-13,19H2,1-3H3. The summed E-state index contributed by atoms with van der Waals surface area (Å²) < 4.78 is 5.18. The zero-order valence-corrected chi connectivity index (χ0v) is 13.0. The van der Waals surface area contributed by atoms with Gasteiger partial charge in [-0.05, 0) is 43.2 Å². The van der Waals surface area contributed by atoms with Crippen LogP contribution in [0.2, 0.25) is 0 Å². The highest BCUT2D eigenvalue weighted by molar-refractivity contribution is 5.48. The van der Waals surface area contributed by atoms with Gasteiger partial charge in [-0.3, -0.25) is 0 Å². The molecule has 0 bridgehead atoms. The minimum atomic E-state index is 0.0753. The zero-order chi connectivity index (χ0) is 15.2. The topological polar surface area (TPSA) is 38.5 Å². The van der Waals surface area contributed by atoms with Gasteiger partial charge in [0.2, 0.25) is 0 Å². The molecule has 0 heterocycles. The van der Waals surface area contributed by atoms with Gasteiger partial charge < -0.3 is 15.4 Å². The molecule has 2 rings (SSSR count). The van der Waals surface area contributed by atoms with Gasteiger partial charge in [-0.25, -0.2) is 0 Å². The van der Waals surface area contributed by atoms with E-state index in [0.717, 1.165) is 18.7 Å². The van der Waals surface area contributed by atoms with Crippen molar-refractivity contribution in [2.24, 2.45) is 5.73 Å². The molecule has 0 saturated heterocycles. The summed E-state index contributed by atoms with van der Waals surface area (Å²) in [6.07, 6.45) is 0.922. The van der Waals surface area contributed by atoms with Crippen LogP contribution in [0.25, 0.3) is 0 Å². The molecule has 0 amide bonds. The summed E-state index contributed by atoms with van der Waals surface area (Å²) in [5.41, 5.74) is 9.91. The first-order valence-corrected chi connectivity index (χ1v) is 7.27. The van der Waals surface area contributed by atoms with Crippen LogP contribution in [0, 0.1) is 6.92 Å². The Labute approximate surface area is 127 Å². The highest BCUT2D eigenvalue weighted by Crippen LogP contribution is 2.20. The lowest BCUT2D eigenvalue weighted by Crippen LogP contribution is -2.23. The van der Waals surface area contributed by atoms with Crippen LogP contribution < -0.4 is 15.4 Å². The Morgan fingerprint density at radius 1 is 1.05 bits per heavy atom. The van der Waals surface area contributed by atoms with E-state index in [1.807, 2.05) is 12.1 Å². The normalized spacial score (nSPS) is 12.0. The molecule has 0 aliphatic rings. The summed E-state index contributed by atoms with van der Waals surface area (Å²) in [4.78, 5) is 2.22. The molecule has 3 heteroatoms. The summed E-state index contributed by atoms with van der Waals surface area (Å²) in [7, 11) is 3.77. The third-order valence-corrected chi connectivity index (χ3v) is 3.79. The van der Waals surface area contributed by atoms with Crippen LogP contribution in [-0.4, -0.2) is 20.7 Å². The predicted octanol–water partition coefficient (Wildman–Crippen LogP) is 3.53. The average Bonchev–Trinajstić information content (AvgIpc) is 2.53. The second-order valence-corrected chi connectivity index (χ2v) is 5.43. The summed E-state index contributed by atoms with van der Waals surface area (Å²) in [6.45, 7) is 3.01. The van der Waals surface area contributed by atoms with Crippen molar-refractivity contribution in [3.05, 3.63) is 59.7 Å². The number of rotatable bonds is 6. The molecule has 0 aliphatic heterocycles. The van der Waals surface area contributed by atoms with Crippen molar-refractivity contribution < 1.29 is 4.74 Å². The van der Waals surface area contributed by atoms with E-state index in [1.54, 1.807) is 7.11 Å². The second kappa shape index (κ2) is 7.14. The molecule has 2 N–H and O–H groups in total. The van der Waals surface area contributed by atoms with Gasteiger partial charge in [0.05, 0.1) is 7.11 Å². The molecule has 3 nitrogen and oxygen atoms in total. The Hall–Kier alpha value is -2.00. The summed E-state index contributed by atoms with van der Waals surface area (Å²) in [6, 6.07) is 16.6. The van der Waals surface area contributed by atoms with Crippen molar-refractivity contribution in [2.75, 3.05) is 25.6 Å². The lowest BCUT2D eigenvalue weighted by molar-refractivity contribution is 0.415. The number of hydrogen-bond donors (Lipinski definition) is 1. The molecular formula is C18H24N2O. The van der Waals surface area contributed by atoms with E-state index < -0.39 is 0 Å². The van der Waals surface area contributed by atoms with E-state index in [1.165, 1.54) is 16.8 Å². The molecule has 0 aliphatic carbocycles. The van der Waals surface area contributed by atoms with Gasteiger partial charge >= 0.3 is 0 Å². The van der Waals surface area contributed by atoms with Crippen LogP contribution in [0.5, 0.6) is 5.75 Å². The molecule has 1 unspecified atom stereocenters. The van der Waals surface area contributed by atoms with Gasteiger partial charge in [-0.15, -0.1) is 0 Å². The van der Waals surface area contributed by atoms with Crippen molar-refractivity contribution in [3.63, 3.8) is 0 Å². The SMILES string of the molecule is COc1ccc(N(C)CCC(N)c2ccc(C)cc2)cc1. The lowest BCUT2D eigenvalue weighted by Gasteiger charge is -2.22. The molecule has 0 saturated carbocycles. The molecule has 2 aromatic carbocycles. The molecule has 0 fully saturated rings. The maximum absolute atomic E-state index is 6.27. The number of methoxy groups -OCH3 is 1. The number of nitrogens with two attached hydrogens (primary N) is 1. The summed E-state index contributed by atoms with van der Waals surface area (Å²) in [5.74, 6) is 0.878. The maximum atomic E-state index is 6.27. The number of anilines is 1. The van der Waals surface area contributed by atoms with E-state index in [9.17, 15) is 0 Å². The van der Waals surface area contributed by atoms with Crippen molar-refractivity contribution in [1.29, 1.82) is 0 Å². The van der Waals surface area contributed by atoms with E-state index in [-0.39, 0.29) is 6.04 Å². The van der Waals surface area contributed by atoms with Gasteiger partial charge in [0.1, 0.15) is 5.75 Å².